The molecule has 0 spiro atoms. The minimum atomic E-state index is -0.615. The molecule has 2 aromatic carbocycles. The van der Waals surface area contributed by atoms with E-state index in [1.165, 1.54) is 0 Å². The van der Waals surface area contributed by atoms with Gasteiger partial charge in [0.25, 0.3) is 11.8 Å². The molecule has 182 valence electrons. The van der Waals surface area contributed by atoms with Crippen molar-refractivity contribution in [2.75, 3.05) is 33.2 Å². The quantitative estimate of drug-likeness (QED) is 0.508. The van der Waals surface area contributed by atoms with Crippen LogP contribution in [-0.4, -0.2) is 77.6 Å². The van der Waals surface area contributed by atoms with Crippen molar-refractivity contribution < 1.29 is 19.2 Å². The van der Waals surface area contributed by atoms with E-state index in [0.29, 0.717) is 29.8 Å². The Morgan fingerprint density at radius 3 is 2.49 bits per heavy atom. The van der Waals surface area contributed by atoms with Gasteiger partial charge in [-0.2, -0.15) is 0 Å². The van der Waals surface area contributed by atoms with E-state index in [9.17, 15) is 19.2 Å². The number of nitrogens with zero attached hydrogens (tertiary/aromatic N) is 3. The molecule has 3 aliphatic rings. The number of likely N-dealkylation sites (N-methyl/N-ethyl adjacent to an activating group) is 1. The first-order chi connectivity index (χ1) is 16.9. The Morgan fingerprint density at radius 2 is 1.77 bits per heavy atom. The van der Waals surface area contributed by atoms with Crippen LogP contribution < -0.4 is 5.32 Å². The van der Waals surface area contributed by atoms with E-state index in [1.54, 1.807) is 22.7 Å². The van der Waals surface area contributed by atoms with E-state index in [0.717, 1.165) is 42.2 Å². The van der Waals surface area contributed by atoms with Crippen molar-refractivity contribution in [2.45, 2.75) is 36.1 Å². The van der Waals surface area contributed by atoms with Gasteiger partial charge in [-0.25, -0.2) is 0 Å². The smallest absolute Gasteiger partial charge is 0.255 e. The monoisotopic (exact) mass is 492 g/mol. The third-order valence-corrected chi connectivity index (χ3v) is 8.10. The minimum Gasteiger partial charge on any atom is -0.336 e. The van der Waals surface area contributed by atoms with Crippen molar-refractivity contribution in [1.82, 2.24) is 20.0 Å². The molecule has 2 fully saturated rings. The molecule has 0 aliphatic carbocycles. The SMILES string of the molecule is CN1CCN(C(=O)c2ccc(CSc3cccc4c3CN(C3CCC(=O)NC3=O)C4=O)cc2)CC1. The zero-order valence-corrected chi connectivity index (χ0v) is 20.5. The minimum absolute atomic E-state index is 0.0743. The van der Waals surface area contributed by atoms with Crippen LogP contribution in [0.1, 0.15) is 44.7 Å². The number of carbonyl (C=O) groups is 4. The Morgan fingerprint density at radius 1 is 1.03 bits per heavy atom. The van der Waals surface area contributed by atoms with Crippen LogP contribution in [0.15, 0.2) is 47.4 Å². The summed E-state index contributed by atoms with van der Waals surface area (Å²) in [6.45, 7) is 3.65. The van der Waals surface area contributed by atoms with Crippen LogP contribution in [-0.2, 0) is 21.9 Å². The summed E-state index contributed by atoms with van der Waals surface area (Å²) in [5, 5.41) is 2.34. The molecule has 35 heavy (non-hydrogen) atoms. The summed E-state index contributed by atoms with van der Waals surface area (Å²) in [5.41, 5.74) is 3.34. The van der Waals surface area contributed by atoms with Crippen molar-refractivity contribution in [3.05, 3.63) is 64.7 Å². The van der Waals surface area contributed by atoms with E-state index < -0.39 is 11.9 Å². The van der Waals surface area contributed by atoms with Gasteiger partial charge < -0.3 is 14.7 Å². The highest BCUT2D eigenvalue weighted by atomic mass is 32.2. The maximum absolute atomic E-state index is 13.0. The predicted octanol–water partition coefficient (Wildman–Crippen LogP) is 2.13. The van der Waals surface area contributed by atoms with Crippen molar-refractivity contribution >= 4 is 35.4 Å². The molecule has 9 heteroatoms. The van der Waals surface area contributed by atoms with E-state index in [4.69, 9.17) is 0 Å². The van der Waals surface area contributed by atoms with Crippen LogP contribution in [0.4, 0.5) is 0 Å². The van der Waals surface area contributed by atoms with Gasteiger partial charge in [-0.15, -0.1) is 11.8 Å². The second-order valence-electron chi connectivity index (χ2n) is 9.26. The maximum atomic E-state index is 13.0. The number of rotatable bonds is 5. The van der Waals surface area contributed by atoms with Crippen LogP contribution in [0.5, 0.6) is 0 Å². The van der Waals surface area contributed by atoms with E-state index in [1.807, 2.05) is 41.3 Å². The fraction of sp³-hybridized carbons (Fsp3) is 0.385. The third-order valence-electron chi connectivity index (χ3n) is 6.92. The average Bonchev–Trinajstić information content (AvgIpc) is 3.20. The molecule has 5 rings (SSSR count). The summed E-state index contributed by atoms with van der Waals surface area (Å²) in [6.07, 6.45) is 0.595. The fourth-order valence-electron chi connectivity index (χ4n) is 4.79. The molecule has 0 aromatic heterocycles. The Hall–Kier alpha value is -3.17. The average molecular weight is 493 g/mol. The molecule has 1 unspecified atom stereocenters. The van der Waals surface area contributed by atoms with Gasteiger partial charge in [0.05, 0.1) is 0 Å². The van der Waals surface area contributed by atoms with Gasteiger partial charge in [-0.05, 0) is 48.9 Å². The van der Waals surface area contributed by atoms with Crippen LogP contribution in [0, 0.1) is 0 Å². The molecule has 2 aromatic rings. The number of hydrogen-bond donors (Lipinski definition) is 1. The number of nitrogens with one attached hydrogen (secondary N) is 1. The number of hydrogen-bond acceptors (Lipinski definition) is 6. The Labute approximate surface area is 208 Å². The molecular weight excluding hydrogens is 464 g/mol. The van der Waals surface area contributed by atoms with Crippen molar-refractivity contribution in [3.63, 3.8) is 0 Å². The number of piperidine rings is 1. The van der Waals surface area contributed by atoms with Crippen LogP contribution >= 0.6 is 11.8 Å². The Balaban J connectivity index is 1.23. The summed E-state index contributed by atoms with van der Waals surface area (Å²) >= 11 is 1.64. The first kappa shape index (κ1) is 23.6. The molecule has 0 radical (unpaired) electrons. The molecular formula is C26H28N4O4S. The maximum Gasteiger partial charge on any atom is 0.255 e. The van der Waals surface area contributed by atoms with E-state index in [-0.39, 0.29) is 24.1 Å². The number of imide groups is 1. The number of amides is 4. The zero-order chi connectivity index (χ0) is 24.5. The summed E-state index contributed by atoms with van der Waals surface area (Å²) in [7, 11) is 2.07. The third kappa shape index (κ3) is 4.83. The van der Waals surface area contributed by atoms with Crippen LogP contribution in [0.2, 0.25) is 0 Å². The van der Waals surface area contributed by atoms with Gasteiger partial charge >= 0.3 is 0 Å². The predicted molar refractivity (Wildman–Crippen MR) is 132 cm³/mol. The molecule has 4 amide bonds. The molecule has 3 aliphatic heterocycles. The first-order valence-corrected chi connectivity index (χ1v) is 12.9. The van der Waals surface area contributed by atoms with Crippen LogP contribution in [0.3, 0.4) is 0 Å². The van der Waals surface area contributed by atoms with Gasteiger partial charge in [0, 0.05) is 60.9 Å². The van der Waals surface area contributed by atoms with Gasteiger partial charge in [-0.3, -0.25) is 24.5 Å². The van der Waals surface area contributed by atoms with E-state index >= 15 is 0 Å². The van der Waals surface area contributed by atoms with Gasteiger partial charge in [-0.1, -0.05) is 18.2 Å². The van der Waals surface area contributed by atoms with Crippen molar-refractivity contribution in [2.24, 2.45) is 0 Å². The lowest BCUT2D eigenvalue weighted by Gasteiger charge is -2.32. The number of fused-ring (bicyclic) bond motifs is 1. The molecule has 1 atom stereocenters. The Kier molecular flexibility index (Phi) is 6.62. The topological polar surface area (TPSA) is 90.0 Å². The summed E-state index contributed by atoms with van der Waals surface area (Å²) in [5.74, 6) is -0.0776. The standard InChI is InChI=1S/C26H28N4O4S/c1-28-11-13-29(14-12-28)25(33)18-7-5-17(6-8-18)16-35-22-4-2-3-19-20(22)15-30(26(19)34)21-9-10-23(31)27-24(21)32/h2-8,21H,9-16H2,1H3,(H,27,31,32). The second-order valence-corrected chi connectivity index (χ2v) is 10.3. The highest BCUT2D eigenvalue weighted by Gasteiger charge is 2.39. The molecule has 2 saturated heterocycles. The molecule has 8 nitrogen and oxygen atoms in total. The number of piperazine rings is 1. The molecule has 0 bridgehead atoms. The van der Waals surface area contributed by atoms with Gasteiger partial charge in [0.2, 0.25) is 11.8 Å². The van der Waals surface area contributed by atoms with Crippen molar-refractivity contribution in [1.29, 1.82) is 0 Å². The van der Waals surface area contributed by atoms with Crippen molar-refractivity contribution in [3.8, 4) is 0 Å². The van der Waals surface area contributed by atoms with E-state index in [2.05, 4.69) is 17.3 Å². The lowest BCUT2D eigenvalue weighted by atomic mass is 10.0. The number of thioether (sulfide) groups is 1. The first-order valence-electron chi connectivity index (χ1n) is 11.9. The zero-order valence-electron chi connectivity index (χ0n) is 19.7. The van der Waals surface area contributed by atoms with Gasteiger partial charge in [0.15, 0.2) is 0 Å². The second kappa shape index (κ2) is 9.83. The molecule has 1 N–H and O–H groups in total. The summed E-state index contributed by atoms with van der Waals surface area (Å²) in [6, 6.07) is 12.8. The fourth-order valence-corrected chi connectivity index (χ4v) is 5.83. The van der Waals surface area contributed by atoms with Crippen LogP contribution in [0.25, 0.3) is 0 Å². The summed E-state index contributed by atoms with van der Waals surface area (Å²) in [4.78, 5) is 56.3. The lowest BCUT2D eigenvalue weighted by molar-refractivity contribution is -0.136. The Bertz CT molecular complexity index is 1170. The number of carbonyl (C=O) groups excluding carboxylic acids is 4. The molecule has 0 saturated carbocycles. The lowest BCUT2D eigenvalue weighted by Crippen LogP contribution is -2.52. The highest BCUT2D eigenvalue weighted by molar-refractivity contribution is 7.98. The molecule has 3 heterocycles. The number of benzene rings is 2. The highest BCUT2D eigenvalue weighted by Crippen LogP contribution is 2.35. The summed E-state index contributed by atoms with van der Waals surface area (Å²) < 4.78 is 0. The largest absolute Gasteiger partial charge is 0.336 e. The van der Waals surface area contributed by atoms with Gasteiger partial charge in [0.1, 0.15) is 6.04 Å². The normalized spacial score (nSPS) is 20.7.